The molecule has 1 atom stereocenters. The molecule has 0 saturated carbocycles. The molecule has 1 fully saturated rings. The van der Waals surface area contributed by atoms with Crippen molar-refractivity contribution in [2.24, 2.45) is 0 Å². The summed E-state index contributed by atoms with van der Waals surface area (Å²) in [5.41, 5.74) is 1.69. The van der Waals surface area contributed by atoms with Crippen molar-refractivity contribution in [2.45, 2.75) is 38.1 Å². The van der Waals surface area contributed by atoms with Crippen LogP contribution in [0.1, 0.15) is 41.9 Å². The smallest absolute Gasteiger partial charge is 0.111 e. The second kappa shape index (κ2) is 4.00. The number of rotatable bonds is 1. The van der Waals surface area contributed by atoms with Crippen molar-refractivity contribution in [2.75, 3.05) is 18.1 Å². The molecule has 0 radical (unpaired) electrons. The number of aromatic nitrogens is 1. The van der Waals surface area contributed by atoms with Crippen molar-refractivity contribution in [3.8, 4) is 0 Å². The van der Waals surface area contributed by atoms with Crippen LogP contribution in [0.5, 0.6) is 0 Å². The Balaban J connectivity index is 1.88. The molecule has 88 valence electrons. The van der Waals surface area contributed by atoms with Gasteiger partial charge in [0.25, 0.3) is 0 Å². The van der Waals surface area contributed by atoms with Crippen molar-refractivity contribution in [1.82, 2.24) is 10.3 Å². The SMILES string of the molecule is CC1(C)CCc2sc(C3CSCCN3)nc21. The molecular weight excluding hydrogens is 236 g/mol. The zero-order chi connectivity index (χ0) is 11.2. The lowest BCUT2D eigenvalue weighted by Crippen LogP contribution is -2.30. The fourth-order valence-electron chi connectivity index (χ4n) is 2.49. The van der Waals surface area contributed by atoms with E-state index in [0.717, 1.165) is 6.54 Å². The van der Waals surface area contributed by atoms with Crippen LogP contribution in [0.25, 0.3) is 0 Å². The largest absolute Gasteiger partial charge is 0.306 e. The third-order valence-corrected chi connectivity index (χ3v) is 5.84. The van der Waals surface area contributed by atoms with Crippen molar-refractivity contribution >= 4 is 23.1 Å². The molecule has 0 spiro atoms. The second-order valence-corrected chi connectivity index (χ2v) is 7.55. The van der Waals surface area contributed by atoms with E-state index >= 15 is 0 Å². The van der Waals surface area contributed by atoms with Gasteiger partial charge in [-0.1, -0.05) is 13.8 Å². The fraction of sp³-hybridized carbons (Fsp3) is 0.750. The Hall–Kier alpha value is -0.0600. The van der Waals surface area contributed by atoms with Crippen LogP contribution >= 0.6 is 23.1 Å². The number of hydrogen-bond acceptors (Lipinski definition) is 4. The van der Waals surface area contributed by atoms with E-state index in [2.05, 4.69) is 19.2 Å². The van der Waals surface area contributed by atoms with Gasteiger partial charge in [-0.2, -0.15) is 11.8 Å². The van der Waals surface area contributed by atoms with Crippen LogP contribution in [-0.2, 0) is 11.8 Å². The Morgan fingerprint density at radius 3 is 3.00 bits per heavy atom. The first-order valence-electron chi connectivity index (χ1n) is 5.98. The van der Waals surface area contributed by atoms with Gasteiger partial charge in [0.1, 0.15) is 5.01 Å². The normalized spacial score (nSPS) is 28.0. The molecule has 2 nitrogen and oxygen atoms in total. The molecule has 2 heterocycles. The molecule has 0 amide bonds. The molecule has 1 aliphatic carbocycles. The van der Waals surface area contributed by atoms with Gasteiger partial charge in [0.2, 0.25) is 0 Å². The van der Waals surface area contributed by atoms with Gasteiger partial charge in [0, 0.05) is 28.3 Å². The summed E-state index contributed by atoms with van der Waals surface area (Å²) in [6, 6.07) is 0.505. The van der Waals surface area contributed by atoms with Gasteiger partial charge < -0.3 is 5.32 Å². The summed E-state index contributed by atoms with van der Waals surface area (Å²) >= 11 is 3.99. The van der Waals surface area contributed by atoms with Crippen LogP contribution in [0.3, 0.4) is 0 Å². The van der Waals surface area contributed by atoms with Gasteiger partial charge in [-0.3, -0.25) is 0 Å². The lowest BCUT2D eigenvalue weighted by molar-refractivity contribution is 0.503. The molecule has 1 aliphatic heterocycles. The summed E-state index contributed by atoms with van der Waals surface area (Å²) in [5, 5.41) is 4.90. The maximum atomic E-state index is 4.91. The molecule has 3 rings (SSSR count). The summed E-state index contributed by atoms with van der Waals surface area (Å²) in [5.74, 6) is 2.43. The van der Waals surface area contributed by atoms with Gasteiger partial charge in [-0.25, -0.2) is 4.98 Å². The Morgan fingerprint density at radius 2 is 2.31 bits per heavy atom. The zero-order valence-corrected chi connectivity index (χ0v) is 11.5. The van der Waals surface area contributed by atoms with E-state index in [4.69, 9.17) is 4.98 Å². The van der Waals surface area contributed by atoms with E-state index in [-0.39, 0.29) is 0 Å². The number of fused-ring (bicyclic) bond motifs is 1. The predicted octanol–water partition coefficient (Wildman–Crippen LogP) is 2.74. The minimum Gasteiger partial charge on any atom is -0.306 e. The third kappa shape index (κ3) is 1.81. The molecule has 1 aromatic rings. The summed E-state index contributed by atoms with van der Waals surface area (Å²) in [7, 11) is 0. The third-order valence-electron chi connectivity index (χ3n) is 3.55. The van der Waals surface area contributed by atoms with Gasteiger partial charge in [-0.15, -0.1) is 11.3 Å². The summed E-state index contributed by atoms with van der Waals surface area (Å²) in [4.78, 5) is 6.45. The molecule has 1 N–H and O–H groups in total. The van der Waals surface area contributed by atoms with Crippen LogP contribution < -0.4 is 5.32 Å². The molecule has 1 saturated heterocycles. The van der Waals surface area contributed by atoms with Crippen molar-refractivity contribution in [1.29, 1.82) is 0 Å². The van der Waals surface area contributed by atoms with Crippen molar-refractivity contribution < 1.29 is 0 Å². The van der Waals surface area contributed by atoms with E-state index in [0.29, 0.717) is 11.5 Å². The standard InChI is InChI=1S/C12H18N2S2/c1-12(2)4-3-9-10(12)14-11(16-9)8-7-15-6-5-13-8/h8,13H,3-7H2,1-2H3. The quantitative estimate of drug-likeness (QED) is 0.834. The maximum Gasteiger partial charge on any atom is 0.111 e. The molecule has 16 heavy (non-hydrogen) atoms. The molecular formula is C12H18N2S2. The molecule has 0 aromatic carbocycles. The highest BCUT2D eigenvalue weighted by molar-refractivity contribution is 7.99. The van der Waals surface area contributed by atoms with Crippen molar-refractivity contribution in [3.05, 3.63) is 15.6 Å². The lowest BCUT2D eigenvalue weighted by Gasteiger charge is -2.21. The van der Waals surface area contributed by atoms with E-state index in [1.807, 2.05) is 23.1 Å². The fourth-order valence-corrected chi connectivity index (χ4v) is 4.85. The highest BCUT2D eigenvalue weighted by Gasteiger charge is 2.34. The summed E-state index contributed by atoms with van der Waals surface area (Å²) < 4.78 is 0. The average molecular weight is 254 g/mol. The van der Waals surface area contributed by atoms with Crippen LogP contribution in [0.2, 0.25) is 0 Å². The number of nitrogens with one attached hydrogen (secondary N) is 1. The van der Waals surface area contributed by atoms with Gasteiger partial charge in [-0.05, 0) is 12.8 Å². The number of aryl methyl sites for hydroxylation is 1. The Bertz CT molecular complexity index is 392. The molecule has 1 aromatic heterocycles. The first-order chi connectivity index (χ1) is 7.67. The van der Waals surface area contributed by atoms with Crippen LogP contribution in [0, 0.1) is 0 Å². The minimum atomic E-state index is 0.311. The lowest BCUT2D eigenvalue weighted by atomic mass is 9.91. The van der Waals surface area contributed by atoms with E-state index < -0.39 is 0 Å². The van der Waals surface area contributed by atoms with E-state index in [9.17, 15) is 0 Å². The summed E-state index contributed by atoms with van der Waals surface area (Å²) in [6.45, 7) is 5.78. The Kier molecular flexibility index (Phi) is 2.76. The van der Waals surface area contributed by atoms with Crippen molar-refractivity contribution in [3.63, 3.8) is 0 Å². The predicted molar refractivity (Wildman–Crippen MR) is 71.5 cm³/mol. The maximum absolute atomic E-state index is 4.91. The van der Waals surface area contributed by atoms with Gasteiger partial charge in [0.05, 0.1) is 11.7 Å². The van der Waals surface area contributed by atoms with Gasteiger partial charge >= 0.3 is 0 Å². The first kappa shape index (κ1) is 11.1. The monoisotopic (exact) mass is 254 g/mol. The van der Waals surface area contributed by atoms with Crippen LogP contribution in [-0.4, -0.2) is 23.0 Å². The van der Waals surface area contributed by atoms with Crippen LogP contribution in [0.15, 0.2) is 0 Å². The topological polar surface area (TPSA) is 24.9 Å². The van der Waals surface area contributed by atoms with Gasteiger partial charge in [0.15, 0.2) is 0 Å². The molecule has 2 aliphatic rings. The zero-order valence-electron chi connectivity index (χ0n) is 9.88. The Morgan fingerprint density at radius 1 is 1.44 bits per heavy atom. The van der Waals surface area contributed by atoms with Crippen LogP contribution in [0.4, 0.5) is 0 Å². The van der Waals surface area contributed by atoms with E-state index in [1.165, 1.54) is 39.9 Å². The highest BCUT2D eigenvalue weighted by Crippen LogP contribution is 2.42. The number of nitrogens with zero attached hydrogens (tertiary/aromatic N) is 1. The number of thioether (sulfide) groups is 1. The number of hydrogen-bond donors (Lipinski definition) is 1. The highest BCUT2D eigenvalue weighted by atomic mass is 32.2. The number of thiazole rings is 1. The molecule has 0 bridgehead atoms. The average Bonchev–Trinajstić information content (AvgIpc) is 2.82. The minimum absolute atomic E-state index is 0.311. The summed E-state index contributed by atoms with van der Waals surface area (Å²) in [6.07, 6.45) is 2.51. The molecule has 4 heteroatoms. The Labute approximate surface area is 105 Å². The first-order valence-corrected chi connectivity index (χ1v) is 7.95. The van der Waals surface area contributed by atoms with E-state index in [1.54, 1.807) is 0 Å². The molecule has 1 unspecified atom stereocenters. The second-order valence-electron chi connectivity index (χ2n) is 5.29.